The predicted molar refractivity (Wildman–Crippen MR) is 58.6 cm³/mol. The van der Waals surface area contributed by atoms with E-state index in [1.807, 2.05) is 0 Å². The molecular formula is C12H11FN2O. The van der Waals surface area contributed by atoms with Crippen LogP contribution in [0.3, 0.4) is 0 Å². The third-order valence-corrected chi connectivity index (χ3v) is 2.36. The lowest BCUT2D eigenvalue weighted by atomic mass is 10.1. The van der Waals surface area contributed by atoms with E-state index in [0.29, 0.717) is 16.8 Å². The van der Waals surface area contributed by atoms with Gasteiger partial charge >= 0.3 is 0 Å². The van der Waals surface area contributed by atoms with Gasteiger partial charge in [-0.3, -0.25) is 9.48 Å². The molecule has 0 bridgehead atoms. The fourth-order valence-electron chi connectivity index (χ4n) is 1.50. The molecule has 1 aromatic heterocycles. The number of ketones is 1. The fraction of sp³-hybridized carbons (Fsp3) is 0.167. The smallest absolute Gasteiger partial charge is 0.159 e. The first kappa shape index (κ1) is 10.5. The first-order chi connectivity index (χ1) is 7.58. The second-order valence-electron chi connectivity index (χ2n) is 3.63. The Morgan fingerprint density at radius 3 is 2.69 bits per heavy atom. The summed E-state index contributed by atoms with van der Waals surface area (Å²) >= 11 is 0. The van der Waals surface area contributed by atoms with Crippen molar-refractivity contribution in [3.05, 3.63) is 41.8 Å². The molecule has 0 aliphatic heterocycles. The Labute approximate surface area is 92.5 Å². The van der Waals surface area contributed by atoms with Gasteiger partial charge in [-0.25, -0.2) is 4.39 Å². The highest BCUT2D eigenvalue weighted by molar-refractivity contribution is 5.95. The molecule has 0 N–H and O–H groups in total. The molecule has 0 radical (unpaired) electrons. The summed E-state index contributed by atoms with van der Waals surface area (Å²) in [6.07, 6.45) is 1.73. The van der Waals surface area contributed by atoms with Crippen molar-refractivity contribution in [3.8, 4) is 11.3 Å². The number of rotatable bonds is 2. The lowest BCUT2D eigenvalue weighted by Gasteiger charge is -2.02. The molecule has 0 aliphatic rings. The van der Waals surface area contributed by atoms with Crippen molar-refractivity contribution in [1.29, 1.82) is 0 Å². The van der Waals surface area contributed by atoms with Crippen molar-refractivity contribution >= 4 is 5.78 Å². The highest BCUT2D eigenvalue weighted by atomic mass is 19.1. The van der Waals surface area contributed by atoms with Crippen LogP contribution >= 0.6 is 0 Å². The van der Waals surface area contributed by atoms with Crippen molar-refractivity contribution in [2.75, 3.05) is 0 Å². The number of hydrogen-bond acceptors (Lipinski definition) is 2. The van der Waals surface area contributed by atoms with Crippen molar-refractivity contribution in [3.63, 3.8) is 0 Å². The average molecular weight is 218 g/mol. The molecule has 0 saturated heterocycles. The Bertz CT molecular complexity index is 546. The van der Waals surface area contributed by atoms with Gasteiger partial charge in [-0.1, -0.05) is 0 Å². The van der Waals surface area contributed by atoms with Crippen molar-refractivity contribution in [1.82, 2.24) is 9.78 Å². The zero-order chi connectivity index (χ0) is 11.7. The molecule has 3 nitrogen and oxygen atoms in total. The molecule has 0 fully saturated rings. The van der Waals surface area contributed by atoms with E-state index in [-0.39, 0.29) is 11.6 Å². The number of Topliss-reactive ketones (excluding diaryl/α,β-unsaturated/α-hetero) is 1. The Morgan fingerprint density at radius 2 is 2.12 bits per heavy atom. The van der Waals surface area contributed by atoms with Crippen LogP contribution in [0.4, 0.5) is 4.39 Å². The molecule has 82 valence electrons. The number of aryl methyl sites for hydroxylation is 1. The maximum Gasteiger partial charge on any atom is 0.159 e. The molecular weight excluding hydrogens is 207 g/mol. The van der Waals surface area contributed by atoms with Crippen LogP contribution in [0.15, 0.2) is 30.5 Å². The van der Waals surface area contributed by atoms with E-state index in [9.17, 15) is 9.18 Å². The molecule has 0 saturated carbocycles. The summed E-state index contributed by atoms with van der Waals surface area (Å²) in [6.45, 7) is 1.45. The van der Waals surface area contributed by atoms with E-state index in [4.69, 9.17) is 0 Å². The molecule has 1 heterocycles. The molecule has 0 aliphatic carbocycles. The van der Waals surface area contributed by atoms with Gasteiger partial charge in [0.2, 0.25) is 0 Å². The van der Waals surface area contributed by atoms with Crippen LogP contribution < -0.4 is 0 Å². The number of halogens is 1. The third kappa shape index (κ3) is 1.86. The summed E-state index contributed by atoms with van der Waals surface area (Å²) in [5, 5.41) is 4.11. The second kappa shape index (κ2) is 3.89. The quantitative estimate of drug-likeness (QED) is 0.725. The summed E-state index contributed by atoms with van der Waals surface area (Å²) < 4.78 is 15.2. The zero-order valence-electron chi connectivity index (χ0n) is 9.07. The van der Waals surface area contributed by atoms with E-state index < -0.39 is 0 Å². The molecule has 2 rings (SSSR count). The van der Waals surface area contributed by atoms with Crippen LogP contribution in [-0.2, 0) is 7.05 Å². The van der Waals surface area contributed by atoms with E-state index in [1.54, 1.807) is 24.0 Å². The van der Waals surface area contributed by atoms with Gasteiger partial charge in [-0.15, -0.1) is 0 Å². The SMILES string of the molecule is CC(=O)c1ccc(F)c(-c2ccn(C)n2)c1. The topological polar surface area (TPSA) is 34.9 Å². The van der Waals surface area contributed by atoms with Gasteiger partial charge in [0, 0.05) is 24.4 Å². The lowest BCUT2D eigenvalue weighted by molar-refractivity contribution is 0.101. The van der Waals surface area contributed by atoms with Crippen LogP contribution in [0.25, 0.3) is 11.3 Å². The maximum absolute atomic E-state index is 13.6. The van der Waals surface area contributed by atoms with Crippen LogP contribution in [0.1, 0.15) is 17.3 Å². The first-order valence-electron chi connectivity index (χ1n) is 4.88. The largest absolute Gasteiger partial charge is 0.295 e. The first-order valence-corrected chi connectivity index (χ1v) is 4.88. The van der Waals surface area contributed by atoms with Crippen LogP contribution in [-0.4, -0.2) is 15.6 Å². The molecule has 0 amide bonds. The monoisotopic (exact) mass is 218 g/mol. The highest BCUT2D eigenvalue weighted by Gasteiger charge is 2.10. The second-order valence-corrected chi connectivity index (χ2v) is 3.63. The number of benzene rings is 1. The molecule has 1 aromatic carbocycles. The molecule has 0 spiro atoms. The van der Waals surface area contributed by atoms with Gasteiger partial charge in [0.05, 0.1) is 5.69 Å². The normalized spacial score (nSPS) is 10.4. The van der Waals surface area contributed by atoms with E-state index in [1.165, 1.54) is 25.1 Å². The lowest BCUT2D eigenvalue weighted by Crippen LogP contribution is -1.95. The molecule has 0 unspecified atom stereocenters. The van der Waals surface area contributed by atoms with Gasteiger partial charge in [0.15, 0.2) is 5.78 Å². The third-order valence-electron chi connectivity index (χ3n) is 2.36. The summed E-state index contributed by atoms with van der Waals surface area (Å²) in [6, 6.07) is 6.01. The standard InChI is InChI=1S/C12H11FN2O/c1-8(16)9-3-4-11(13)10(7-9)12-5-6-15(2)14-12/h3-7H,1-2H3. The molecule has 4 heteroatoms. The Hall–Kier alpha value is -1.97. The Kier molecular flexibility index (Phi) is 2.56. The molecule has 2 aromatic rings. The number of carbonyl (C=O) groups is 1. The number of carbonyl (C=O) groups excluding carboxylic acids is 1. The minimum absolute atomic E-state index is 0.0859. The van der Waals surface area contributed by atoms with Gasteiger partial charge in [0.1, 0.15) is 5.82 Å². The van der Waals surface area contributed by atoms with Crippen molar-refractivity contribution in [2.24, 2.45) is 7.05 Å². The van der Waals surface area contributed by atoms with E-state index in [2.05, 4.69) is 5.10 Å². The number of hydrogen-bond donors (Lipinski definition) is 0. The Balaban J connectivity index is 2.55. The average Bonchev–Trinajstić information content (AvgIpc) is 2.65. The fourth-order valence-corrected chi connectivity index (χ4v) is 1.50. The van der Waals surface area contributed by atoms with Gasteiger partial charge < -0.3 is 0 Å². The van der Waals surface area contributed by atoms with Crippen LogP contribution in [0.5, 0.6) is 0 Å². The van der Waals surface area contributed by atoms with Crippen LogP contribution in [0, 0.1) is 5.82 Å². The number of aromatic nitrogens is 2. The summed E-state index contributed by atoms with van der Waals surface area (Å²) in [4.78, 5) is 11.2. The predicted octanol–water partition coefficient (Wildman–Crippen LogP) is 2.43. The van der Waals surface area contributed by atoms with Gasteiger partial charge in [-0.05, 0) is 31.2 Å². The molecule has 0 atom stereocenters. The van der Waals surface area contributed by atoms with Gasteiger partial charge in [-0.2, -0.15) is 5.10 Å². The summed E-state index contributed by atoms with van der Waals surface area (Å²) in [7, 11) is 1.76. The highest BCUT2D eigenvalue weighted by Crippen LogP contribution is 2.22. The minimum atomic E-state index is -0.372. The summed E-state index contributed by atoms with van der Waals surface area (Å²) in [5.74, 6) is -0.458. The zero-order valence-corrected chi connectivity index (χ0v) is 9.07. The minimum Gasteiger partial charge on any atom is -0.295 e. The number of nitrogens with zero attached hydrogens (tertiary/aromatic N) is 2. The van der Waals surface area contributed by atoms with Crippen molar-refractivity contribution in [2.45, 2.75) is 6.92 Å². The van der Waals surface area contributed by atoms with E-state index in [0.717, 1.165) is 0 Å². The molecule has 16 heavy (non-hydrogen) atoms. The van der Waals surface area contributed by atoms with E-state index >= 15 is 0 Å². The maximum atomic E-state index is 13.6. The summed E-state index contributed by atoms with van der Waals surface area (Å²) in [5.41, 5.74) is 1.37. The van der Waals surface area contributed by atoms with Gasteiger partial charge in [0.25, 0.3) is 0 Å². The van der Waals surface area contributed by atoms with Crippen molar-refractivity contribution < 1.29 is 9.18 Å². The van der Waals surface area contributed by atoms with Crippen LogP contribution in [0.2, 0.25) is 0 Å². The Morgan fingerprint density at radius 1 is 1.38 bits per heavy atom.